The Morgan fingerprint density at radius 3 is 2.79 bits per heavy atom. The van der Waals surface area contributed by atoms with Crippen LogP contribution in [0.2, 0.25) is 0 Å². The number of aromatic nitrogens is 3. The number of rotatable bonds is 1. The van der Waals surface area contributed by atoms with Gasteiger partial charge in [0.25, 0.3) is 0 Å². The Bertz CT molecular complexity index is 464. The molecule has 1 aromatic heterocycles. The van der Waals surface area contributed by atoms with E-state index >= 15 is 0 Å². The van der Waals surface area contributed by atoms with Crippen molar-refractivity contribution in [3.05, 3.63) is 24.0 Å². The van der Waals surface area contributed by atoms with E-state index in [1.165, 1.54) is 6.07 Å². The smallest absolute Gasteiger partial charge is 0.181 e. The lowest BCUT2D eigenvalue weighted by Crippen LogP contribution is -1.87. The molecule has 0 aliphatic rings. The fourth-order valence-electron chi connectivity index (χ4n) is 1.17. The van der Waals surface area contributed by atoms with Crippen molar-refractivity contribution in [3.8, 4) is 17.1 Å². The molecule has 4 N–H and O–H groups in total. The highest BCUT2D eigenvalue weighted by molar-refractivity contribution is 5.65. The topological polar surface area (TPSA) is 87.8 Å². The second-order valence-electron chi connectivity index (χ2n) is 3.02. The quantitative estimate of drug-likeness (QED) is 0.463. The Morgan fingerprint density at radius 2 is 2.21 bits per heavy atom. The van der Waals surface area contributed by atoms with Crippen molar-refractivity contribution in [1.29, 1.82) is 0 Å². The van der Waals surface area contributed by atoms with Crippen LogP contribution in [0.4, 0.5) is 5.69 Å². The third-order valence-electron chi connectivity index (χ3n) is 1.88. The van der Waals surface area contributed by atoms with Gasteiger partial charge in [0.15, 0.2) is 5.82 Å². The van der Waals surface area contributed by atoms with Crippen LogP contribution >= 0.6 is 0 Å². The molecule has 0 bridgehead atoms. The van der Waals surface area contributed by atoms with Crippen molar-refractivity contribution in [2.75, 3.05) is 5.73 Å². The standard InChI is InChI=1S/C9H10N4O/c1-5-11-9(13-12-5)6-2-3-8(14)7(10)4-6/h2-4,14H,10H2,1H3,(H,11,12,13). The van der Waals surface area contributed by atoms with Crippen molar-refractivity contribution in [3.63, 3.8) is 0 Å². The van der Waals surface area contributed by atoms with Gasteiger partial charge in [0, 0.05) is 5.56 Å². The van der Waals surface area contributed by atoms with Crippen LogP contribution in [-0.2, 0) is 0 Å². The highest BCUT2D eigenvalue weighted by Gasteiger charge is 2.05. The number of nitrogen functional groups attached to an aromatic ring is 1. The van der Waals surface area contributed by atoms with Crippen LogP contribution in [0.15, 0.2) is 18.2 Å². The summed E-state index contributed by atoms with van der Waals surface area (Å²) in [6.07, 6.45) is 0. The van der Waals surface area contributed by atoms with E-state index in [4.69, 9.17) is 5.73 Å². The van der Waals surface area contributed by atoms with Crippen molar-refractivity contribution in [2.24, 2.45) is 0 Å². The van der Waals surface area contributed by atoms with Crippen LogP contribution in [0.25, 0.3) is 11.4 Å². The van der Waals surface area contributed by atoms with Gasteiger partial charge in [-0.2, -0.15) is 5.10 Å². The molecule has 0 unspecified atom stereocenters. The molecule has 0 saturated carbocycles. The lowest BCUT2D eigenvalue weighted by molar-refractivity contribution is 0.478. The summed E-state index contributed by atoms with van der Waals surface area (Å²) in [7, 11) is 0. The van der Waals surface area contributed by atoms with E-state index in [-0.39, 0.29) is 5.75 Å². The highest BCUT2D eigenvalue weighted by atomic mass is 16.3. The van der Waals surface area contributed by atoms with Gasteiger partial charge in [-0.15, -0.1) is 0 Å². The molecule has 0 radical (unpaired) electrons. The summed E-state index contributed by atoms with van der Waals surface area (Å²) < 4.78 is 0. The number of hydrogen-bond donors (Lipinski definition) is 3. The lowest BCUT2D eigenvalue weighted by atomic mass is 10.2. The molecule has 14 heavy (non-hydrogen) atoms. The first kappa shape index (κ1) is 8.55. The van der Waals surface area contributed by atoms with Gasteiger partial charge in [-0.3, -0.25) is 5.10 Å². The minimum atomic E-state index is 0.0704. The van der Waals surface area contributed by atoms with Gasteiger partial charge in [0.1, 0.15) is 11.6 Å². The van der Waals surface area contributed by atoms with E-state index in [2.05, 4.69) is 15.2 Å². The third kappa shape index (κ3) is 1.39. The van der Waals surface area contributed by atoms with Gasteiger partial charge in [-0.25, -0.2) is 4.98 Å². The number of aryl methyl sites for hydroxylation is 1. The second-order valence-corrected chi connectivity index (χ2v) is 3.02. The van der Waals surface area contributed by atoms with Crippen LogP contribution in [0.3, 0.4) is 0 Å². The van der Waals surface area contributed by atoms with Gasteiger partial charge in [0.05, 0.1) is 5.69 Å². The lowest BCUT2D eigenvalue weighted by Gasteiger charge is -1.99. The number of aromatic hydroxyl groups is 1. The zero-order chi connectivity index (χ0) is 10.1. The first-order valence-electron chi connectivity index (χ1n) is 4.14. The number of aromatic amines is 1. The average Bonchev–Trinajstić information content (AvgIpc) is 2.57. The summed E-state index contributed by atoms with van der Waals surface area (Å²) in [5, 5.41) is 15.9. The SMILES string of the molecule is Cc1nc(-c2ccc(O)c(N)c2)n[nH]1. The fraction of sp³-hybridized carbons (Fsp3) is 0.111. The Kier molecular flexibility index (Phi) is 1.85. The number of phenolic OH excluding ortho intramolecular Hbond substituents is 1. The number of anilines is 1. The molecule has 0 aliphatic heterocycles. The summed E-state index contributed by atoms with van der Waals surface area (Å²) in [5.41, 5.74) is 6.66. The molecule has 5 heteroatoms. The van der Waals surface area contributed by atoms with E-state index in [1.807, 2.05) is 6.92 Å². The van der Waals surface area contributed by atoms with Gasteiger partial charge in [-0.05, 0) is 25.1 Å². The fourth-order valence-corrected chi connectivity index (χ4v) is 1.17. The molecule has 72 valence electrons. The minimum Gasteiger partial charge on any atom is -0.506 e. The molecule has 0 spiro atoms. The van der Waals surface area contributed by atoms with E-state index in [1.54, 1.807) is 12.1 Å². The number of benzene rings is 1. The number of hydrogen-bond acceptors (Lipinski definition) is 4. The van der Waals surface area contributed by atoms with E-state index in [9.17, 15) is 5.11 Å². The van der Waals surface area contributed by atoms with Crippen LogP contribution < -0.4 is 5.73 Å². The number of nitrogens with zero attached hydrogens (tertiary/aromatic N) is 2. The summed E-state index contributed by atoms with van der Waals surface area (Å²) in [6, 6.07) is 4.88. The molecule has 2 aromatic rings. The Labute approximate surface area is 80.6 Å². The van der Waals surface area contributed by atoms with Crippen LogP contribution in [0.5, 0.6) is 5.75 Å². The molecule has 2 rings (SSSR count). The maximum atomic E-state index is 9.22. The summed E-state index contributed by atoms with van der Waals surface area (Å²) in [6.45, 7) is 1.82. The monoisotopic (exact) mass is 190 g/mol. The molecule has 0 atom stereocenters. The van der Waals surface area contributed by atoms with E-state index in [0.717, 1.165) is 11.4 Å². The Morgan fingerprint density at radius 1 is 1.43 bits per heavy atom. The molecule has 0 amide bonds. The zero-order valence-corrected chi connectivity index (χ0v) is 7.65. The number of nitrogens with one attached hydrogen (secondary N) is 1. The van der Waals surface area contributed by atoms with E-state index in [0.29, 0.717) is 11.5 Å². The van der Waals surface area contributed by atoms with Gasteiger partial charge >= 0.3 is 0 Å². The van der Waals surface area contributed by atoms with Crippen LogP contribution in [0.1, 0.15) is 5.82 Å². The van der Waals surface area contributed by atoms with Crippen molar-refractivity contribution in [1.82, 2.24) is 15.2 Å². The molecule has 1 aromatic carbocycles. The molecule has 0 saturated heterocycles. The Hall–Kier alpha value is -2.04. The maximum Gasteiger partial charge on any atom is 0.181 e. The minimum absolute atomic E-state index is 0.0704. The molecular formula is C9H10N4O. The average molecular weight is 190 g/mol. The summed E-state index contributed by atoms with van der Waals surface area (Å²) >= 11 is 0. The molecular weight excluding hydrogens is 180 g/mol. The maximum absolute atomic E-state index is 9.22. The molecule has 0 fully saturated rings. The predicted octanol–water partition coefficient (Wildman–Crippen LogP) is 1.07. The first-order valence-corrected chi connectivity index (χ1v) is 4.14. The van der Waals surface area contributed by atoms with Gasteiger partial charge in [0.2, 0.25) is 0 Å². The molecule has 0 aliphatic carbocycles. The third-order valence-corrected chi connectivity index (χ3v) is 1.88. The normalized spacial score (nSPS) is 10.4. The van der Waals surface area contributed by atoms with Crippen molar-refractivity contribution >= 4 is 5.69 Å². The van der Waals surface area contributed by atoms with Crippen molar-refractivity contribution < 1.29 is 5.11 Å². The second kappa shape index (κ2) is 3.02. The van der Waals surface area contributed by atoms with Gasteiger partial charge in [-0.1, -0.05) is 0 Å². The molecule has 5 nitrogen and oxygen atoms in total. The predicted molar refractivity (Wildman–Crippen MR) is 52.6 cm³/mol. The largest absolute Gasteiger partial charge is 0.506 e. The number of H-pyrrole nitrogens is 1. The Balaban J connectivity index is 2.47. The first-order chi connectivity index (χ1) is 6.66. The molecule has 1 heterocycles. The van der Waals surface area contributed by atoms with Crippen molar-refractivity contribution in [2.45, 2.75) is 6.92 Å². The van der Waals surface area contributed by atoms with Crippen LogP contribution in [-0.4, -0.2) is 20.3 Å². The number of nitrogens with two attached hydrogens (primary N) is 1. The summed E-state index contributed by atoms with van der Waals surface area (Å²) in [5.74, 6) is 1.39. The van der Waals surface area contributed by atoms with Crippen LogP contribution in [0, 0.1) is 6.92 Å². The number of phenols is 1. The summed E-state index contributed by atoms with van der Waals surface area (Å²) in [4.78, 5) is 4.15. The van der Waals surface area contributed by atoms with E-state index < -0.39 is 0 Å². The highest BCUT2D eigenvalue weighted by Crippen LogP contribution is 2.25. The van der Waals surface area contributed by atoms with Gasteiger partial charge < -0.3 is 10.8 Å². The zero-order valence-electron chi connectivity index (χ0n) is 7.65.